The number of hydrogen-bond acceptors (Lipinski definition) is 6. The second-order valence-corrected chi connectivity index (χ2v) is 4.64. The Kier molecular flexibility index (Phi) is 5.43. The fraction of sp³-hybridized carbons (Fsp3) is 0.467. The summed E-state index contributed by atoms with van der Waals surface area (Å²) < 4.78 is 5.30. The molecule has 0 fully saturated rings. The van der Waals surface area contributed by atoms with E-state index in [0.717, 1.165) is 42.9 Å². The first-order valence-electron chi connectivity index (χ1n) is 7.24. The van der Waals surface area contributed by atoms with Crippen LogP contribution in [0.5, 0.6) is 5.88 Å². The van der Waals surface area contributed by atoms with Gasteiger partial charge < -0.3 is 10.1 Å². The number of nitrogens with zero attached hydrogens (tertiary/aromatic N) is 4. The maximum absolute atomic E-state index is 5.30. The molecule has 0 aliphatic heterocycles. The van der Waals surface area contributed by atoms with Crippen molar-refractivity contribution in [2.24, 2.45) is 0 Å². The summed E-state index contributed by atoms with van der Waals surface area (Å²) in [6.07, 6.45) is 7.74. The Balaban J connectivity index is 2.51. The predicted octanol–water partition coefficient (Wildman–Crippen LogP) is 2.72. The third-order valence-electron chi connectivity index (χ3n) is 3.07. The van der Waals surface area contributed by atoms with Crippen molar-refractivity contribution in [1.29, 1.82) is 0 Å². The second-order valence-electron chi connectivity index (χ2n) is 4.64. The van der Waals surface area contributed by atoms with Gasteiger partial charge in [-0.1, -0.05) is 20.3 Å². The highest BCUT2D eigenvalue weighted by Crippen LogP contribution is 2.30. The van der Waals surface area contributed by atoms with Crippen LogP contribution in [0, 0.1) is 0 Å². The largest absolute Gasteiger partial charge is 0.479 e. The molecule has 2 rings (SSSR count). The number of aromatic nitrogens is 4. The van der Waals surface area contributed by atoms with Crippen molar-refractivity contribution in [3.8, 4) is 17.3 Å². The number of methoxy groups -OCH3 is 1. The first kappa shape index (κ1) is 15.2. The van der Waals surface area contributed by atoms with Gasteiger partial charge >= 0.3 is 0 Å². The molecule has 6 nitrogen and oxygen atoms in total. The number of rotatable bonds is 7. The third-order valence-corrected chi connectivity index (χ3v) is 3.07. The maximum atomic E-state index is 5.30. The van der Waals surface area contributed by atoms with Gasteiger partial charge in [0.25, 0.3) is 0 Å². The minimum Gasteiger partial charge on any atom is -0.479 e. The van der Waals surface area contributed by atoms with E-state index in [1.165, 1.54) is 0 Å². The van der Waals surface area contributed by atoms with E-state index in [1.807, 2.05) is 0 Å². The topological polar surface area (TPSA) is 72.8 Å². The van der Waals surface area contributed by atoms with Crippen LogP contribution in [-0.4, -0.2) is 33.6 Å². The Morgan fingerprint density at radius 3 is 2.52 bits per heavy atom. The Morgan fingerprint density at radius 1 is 1.00 bits per heavy atom. The van der Waals surface area contributed by atoms with Crippen LogP contribution in [0.3, 0.4) is 0 Å². The first-order chi connectivity index (χ1) is 10.3. The van der Waals surface area contributed by atoms with Crippen LogP contribution in [-0.2, 0) is 6.42 Å². The molecular formula is C15H21N5O. The molecule has 0 saturated carbocycles. The zero-order valence-electron chi connectivity index (χ0n) is 12.8. The van der Waals surface area contributed by atoms with Crippen LogP contribution >= 0.6 is 0 Å². The summed E-state index contributed by atoms with van der Waals surface area (Å²) in [6.45, 7) is 5.14. The minimum atomic E-state index is 0.481. The summed E-state index contributed by atoms with van der Waals surface area (Å²) in [5.41, 5.74) is 2.51. The highest BCUT2D eigenvalue weighted by Gasteiger charge is 2.17. The Hall–Kier alpha value is -2.24. The molecule has 0 aliphatic rings. The molecule has 2 aromatic heterocycles. The first-order valence-corrected chi connectivity index (χ1v) is 7.24. The molecule has 21 heavy (non-hydrogen) atoms. The zero-order valence-corrected chi connectivity index (χ0v) is 12.8. The van der Waals surface area contributed by atoms with E-state index in [2.05, 4.69) is 39.1 Å². The quantitative estimate of drug-likeness (QED) is 0.844. The van der Waals surface area contributed by atoms with E-state index in [1.54, 1.807) is 25.8 Å². The normalized spacial score (nSPS) is 10.4. The van der Waals surface area contributed by atoms with E-state index in [4.69, 9.17) is 4.74 Å². The maximum Gasteiger partial charge on any atom is 0.241 e. The van der Waals surface area contributed by atoms with Gasteiger partial charge in [-0.15, -0.1) is 0 Å². The highest BCUT2D eigenvalue weighted by molar-refractivity contribution is 5.68. The SMILES string of the molecule is CCCNc1ncnc(-c2nccnc2OC)c1CCC. The van der Waals surface area contributed by atoms with Gasteiger partial charge in [0, 0.05) is 24.5 Å². The van der Waals surface area contributed by atoms with Crippen molar-refractivity contribution in [3.05, 3.63) is 24.3 Å². The van der Waals surface area contributed by atoms with Crippen LogP contribution in [0.15, 0.2) is 18.7 Å². The lowest BCUT2D eigenvalue weighted by atomic mass is 10.1. The van der Waals surface area contributed by atoms with Gasteiger partial charge in [-0.05, 0) is 12.8 Å². The van der Waals surface area contributed by atoms with Gasteiger partial charge in [-0.3, -0.25) is 0 Å². The van der Waals surface area contributed by atoms with Gasteiger partial charge in [0.15, 0.2) is 5.69 Å². The molecule has 1 N–H and O–H groups in total. The molecule has 0 spiro atoms. The lowest BCUT2D eigenvalue weighted by Crippen LogP contribution is -2.08. The lowest BCUT2D eigenvalue weighted by molar-refractivity contribution is 0.397. The van der Waals surface area contributed by atoms with Gasteiger partial charge in [0.2, 0.25) is 5.88 Å². The molecule has 112 valence electrons. The van der Waals surface area contributed by atoms with E-state index in [-0.39, 0.29) is 0 Å². The zero-order chi connectivity index (χ0) is 15.1. The van der Waals surface area contributed by atoms with Gasteiger partial charge in [-0.2, -0.15) is 0 Å². The van der Waals surface area contributed by atoms with Gasteiger partial charge in [0.1, 0.15) is 17.8 Å². The molecular weight excluding hydrogens is 266 g/mol. The van der Waals surface area contributed by atoms with Crippen LogP contribution in [0.25, 0.3) is 11.4 Å². The number of anilines is 1. The Morgan fingerprint density at radius 2 is 1.81 bits per heavy atom. The molecule has 0 radical (unpaired) electrons. The highest BCUT2D eigenvalue weighted by atomic mass is 16.5. The molecule has 0 aromatic carbocycles. The summed E-state index contributed by atoms with van der Waals surface area (Å²) in [6, 6.07) is 0. The summed E-state index contributed by atoms with van der Waals surface area (Å²) >= 11 is 0. The van der Waals surface area contributed by atoms with E-state index in [0.29, 0.717) is 11.6 Å². The van der Waals surface area contributed by atoms with Crippen molar-refractivity contribution in [1.82, 2.24) is 19.9 Å². The van der Waals surface area contributed by atoms with Crippen molar-refractivity contribution in [3.63, 3.8) is 0 Å². The monoisotopic (exact) mass is 287 g/mol. The lowest BCUT2D eigenvalue weighted by Gasteiger charge is -2.14. The summed E-state index contributed by atoms with van der Waals surface area (Å²) in [4.78, 5) is 17.4. The van der Waals surface area contributed by atoms with Crippen molar-refractivity contribution in [2.75, 3.05) is 19.0 Å². The number of hydrogen-bond donors (Lipinski definition) is 1. The minimum absolute atomic E-state index is 0.481. The molecule has 0 atom stereocenters. The fourth-order valence-corrected chi connectivity index (χ4v) is 2.14. The van der Waals surface area contributed by atoms with Crippen molar-refractivity contribution >= 4 is 5.82 Å². The second kappa shape index (κ2) is 7.52. The standard InChI is InChI=1S/C15H21N5O/c1-4-6-11-12(13-15(21-3)18-9-8-16-13)19-10-20-14(11)17-7-5-2/h8-10H,4-7H2,1-3H3,(H,17,19,20). The van der Waals surface area contributed by atoms with E-state index >= 15 is 0 Å². The van der Waals surface area contributed by atoms with Crippen molar-refractivity contribution in [2.45, 2.75) is 33.1 Å². The molecule has 2 heterocycles. The van der Waals surface area contributed by atoms with Crippen molar-refractivity contribution < 1.29 is 4.74 Å². The molecule has 2 aromatic rings. The van der Waals surface area contributed by atoms with Gasteiger partial charge in [-0.25, -0.2) is 19.9 Å². The third kappa shape index (κ3) is 3.45. The number of ether oxygens (including phenoxy) is 1. The molecule has 0 bridgehead atoms. The van der Waals surface area contributed by atoms with Crippen LogP contribution in [0.2, 0.25) is 0 Å². The van der Waals surface area contributed by atoms with Gasteiger partial charge in [0.05, 0.1) is 7.11 Å². The molecule has 6 heteroatoms. The van der Waals surface area contributed by atoms with Crippen LogP contribution < -0.4 is 10.1 Å². The Labute approximate surface area is 125 Å². The van der Waals surface area contributed by atoms with E-state index in [9.17, 15) is 0 Å². The predicted molar refractivity (Wildman–Crippen MR) is 82.4 cm³/mol. The summed E-state index contributed by atoms with van der Waals surface area (Å²) in [7, 11) is 1.59. The number of nitrogens with one attached hydrogen (secondary N) is 1. The van der Waals surface area contributed by atoms with Crippen LogP contribution in [0.4, 0.5) is 5.82 Å². The molecule has 0 aliphatic carbocycles. The fourth-order valence-electron chi connectivity index (χ4n) is 2.14. The van der Waals surface area contributed by atoms with Crippen LogP contribution in [0.1, 0.15) is 32.3 Å². The van der Waals surface area contributed by atoms with E-state index < -0.39 is 0 Å². The Bertz CT molecular complexity index is 588. The summed E-state index contributed by atoms with van der Waals surface area (Å²) in [5, 5.41) is 3.36. The molecule has 0 unspecified atom stereocenters. The molecule has 0 amide bonds. The average Bonchev–Trinajstić information content (AvgIpc) is 2.54. The average molecular weight is 287 g/mol. The molecule has 0 saturated heterocycles. The summed E-state index contributed by atoms with van der Waals surface area (Å²) in [5.74, 6) is 1.35. The smallest absolute Gasteiger partial charge is 0.241 e.